The Bertz CT molecular complexity index is 456. The van der Waals surface area contributed by atoms with Crippen LogP contribution < -0.4 is 20.1 Å². The quantitative estimate of drug-likeness (QED) is 0.853. The fourth-order valence-electron chi connectivity index (χ4n) is 2.40. The molecule has 20 heavy (non-hydrogen) atoms. The molecule has 0 aromatic heterocycles. The Morgan fingerprint density at radius 2 is 2.15 bits per heavy atom. The van der Waals surface area contributed by atoms with Gasteiger partial charge in [0.15, 0.2) is 11.5 Å². The number of rotatable bonds is 5. The van der Waals surface area contributed by atoms with Crippen molar-refractivity contribution < 1.29 is 14.3 Å². The molecule has 2 rings (SSSR count). The van der Waals surface area contributed by atoms with Crippen LogP contribution in [0.4, 0.5) is 0 Å². The number of carbonyl (C=O) groups is 1. The smallest absolute Gasteiger partial charge is 0.224 e. The minimum Gasteiger partial charge on any atom is -0.493 e. The van der Waals surface area contributed by atoms with Gasteiger partial charge < -0.3 is 20.1 Å². The van der Waals surface area contributed by atoms with Crippen molar-refractivity contribution in [2.75, 3.05) is 27.3 Å². The van der Waals surface area contributed by atoms with E-state index in [1.807, 2.05) is 18.2 Å². The summed E-state index contributed by atoms with van der Waals surface area (Å²) < 4.78 is 10.4. The summed E-state index contributed by atoms with van der Waals surface area (Å²) in [6.45, 7) is 2.30. The first-order chi connectivity index (χ1) is 9.74. The molecule has 110 valence electrons. The highest BCUT2D eigenvalue weighted by Crippen LogP contribution is 2.27. The van der Waals surface area contributed by atoms with Gasteiger partial charge in [-0.1, -0.05) is 6.07 Å². The molecule has 0 bridgehead atoms. The van der Waals surface area contributed by atoms with Gasteiger partial charge in [0.25, 0.3) is 0 Å². The molecule has 0 saturated carbocycles. The first-order valence-corrected chi connectivity index (χ1v) is 6.94. The highest BCUT2D eigenvalue weighted by Gasteiger charge is 2.20. The van der Waals surface area contributed by atoms with Gasteiger partial charge >= 0.3 is 0 Å². The van der Waals surface area contributed by atoms with Crippen molar-refractivity contribution in [1.29, 1.82) is 0 Å². The van der Waals surface area contributed by atoms with Crippen LogP contribution in [0.2, 0.25) is 0 Å². The standard InChI is InChI=1S/C15H22N2O3/c1-19-13-6-5-11(8-14(13)20-2)9-17-15(18)12-4-3-7-16-10-12/h5-6,8,12,16H,3-4,7,9-10H2,1-2H3,(H,17,18). The minimum atomic E-state index is 0.0869. The number of nitrogens with one attached hydrogen (secondary N) is 2. The lowest BCUT2D eigenvalue weighted by molar-refractivity contribution is -0.125. The van der Waals surface area contributed by atoms with Crippen molar-refractivity contribution in [3.05, 3.63) is 23.8 Å². The Morgan fingerprint density at radius 1 is 1.35 bits per heavy atom. The van der Waals surface area contributed by atoms with Gasteiger partial charge in [-0.25, -0.2) is 0 Å². The monoisotopic (exact) mass is 278 g/mol. The fraction of sp³-hybridized carbons (Fsp3) is 0.533. The van der Waals surface area contributed by atoms with Gasteiger partial charge in [0.2, 0.25) is 5.91 Å². The van der Waals surface area contributed by atoms with Crippen molar-refractivity contribution >= 4 is 5.91 Å². The molecule has 0 spiro atoms. The Kier molecular flexibility index (Phi) is 5.24. The molecular weight excluding hydrogens is 256 g/mol. The van der Waals surface area contributed by atoms with Crippen LogP contribution in [-0.4, -0.2) is 33.2 Å². The van der Waals surface area contributed by atoms with Gasteiger partial charge in [-0.05, 0) is 37.1 Å². The molecule has 0 aliphatic carbocycles. The van der Waals surface area contributed by atoms with Crippen molar-refractivity contribution in [3.63, 3.8) is 0 Å². The molecule has 2 N–H and O–H groups in total. The van der Waals surface area contributed by atoms with E-state index in [-0.39, 0.29) is 11.8 Å². The minimum absolute atomic E-state index is 0.0869. The van der Waals surface area contributed by atoms with E-state index in [0.717, 1.165) is 31.5 Å². The van der Waals surface area contributed by atoms with E-state index < -0.39 is 0 Å². The number of methoxy groups -OCH3 is 2. The second-order valence-electron chi connectivity index (χ2n) is 4.95. The van der Waals surface area contributed by atoms with Gasteiger partial charge in [0.1, 0.15) is 0 Å². The van der Waals surface area contributed by atoms with Crippen LogP contribution in [0.3, 0.4) is 0 Å². The van der Waals surface area contributed by atoms with Gasteiger partial charge in [-0.2, -0.15) is 0 Å². The van der Waals surface area contributed by atoms with E-state index in [0.29, 0.717) is 18.0 Å². The molecule has 5 nitrogen and oxygen atoms in total. The molecule has 1 atom stereocenters. The Hall–Kier alpha value is -1.75. The van der Waals surface area contributed by atoms with Crippen LogP contribution in [-0.2, 0) is 11.3 Å². The van der Waals surface area contributed by atoms with Gasteiger partial charge in [-0.15, -0.1) is 0 Å². The van der Waals surface area contributed by atoms with E-state index in [1.54, 1.807) is 14.2 Å². The first-order valence-electron chi connectivity index (χ1n) is 6.94. The summed E-state index contributed by atoms with van der Waals surface area (Å²) in [6, 6.07) is 5.67. The van der Waals surface area contributed by atoms with Crippen LogP contribution in [0, 0.1) is 5.92 Å². The normalized spacial score (nSPS) is 18.4. The number of hydrogen-bond acceptors (Lipinski definition) is 4. The number of amides is 1. The predicted octanol–water partition coefficient (Wildman–Crippen LogP) is 1.32. The maximum atomic E-state index is 12.0. The summed E-state index contributed by atoms with van der Waals surface area (Å²) >= 11 is 0. The van der Waals surface area contributed by atoms with Gasteiger partial charge in [0, 0.05) is 13.1 Å². The van der Waals surface area contributed by atoms with E-state index in [1.165, 1.54) is 0 Å². The van der Waals surface area contributed by atoms with Crippen LogP contribution >= 0.6 is 0 Å². The average molecular weight is 278 g/mol. The number of benzene rings is 1. The zero-order valence-corrected chi connectivity index (χ0v) is 12.1. The number of piperidine rings is 1. The Labute approximate surface area is 119 Å². The van der Waals surface area contributed by atoms with Crippen LogP contribution in [0.5, 0.6) is 11.5 Å². The number of hydrogen-bond donors (Lipinski definition) is 2. The SMILES string of the molecule is COc1ccc(CNC(=O)C2CCCNC2)cc1OC. The van der Waals surface area contributed by atoms with Crippen molar-refractivity contribution in [2.45, 2.75) is 19.4 Å². The maximum absolute atomic E-state index is 12.0. The first kappa shape index (κ1) is 14.7. The summed E-state index contributed by atoms with van der Waals surface area (Å²) in [4.78, 5) is 12.0. The Morgan fingerprint density at radius 3 is 2.80 bits per heavy atom. The Balaban J connectivity index is 1.91. The van der Waals surface area contributed by atoms with Gasteiger partial charge in [0.05, 0.1) is 20.1 Å². The second kappa shape index (κ2) is 7.14. The molecule has 0 radical (unpaired) electrons. The van der Waals surface area contributed by atoms with E-state index in [4.69, 9.17) is 9.47 Å². The second-order valence-corrected chi connectivity index (χ2v) is 4.95. The topological polar surface area (TPSA) is 59.6 Å². The van der Waals surface area contributed by atoms with Gasteiger partial charge in [-0.3, -0.25) is 4.79 Å². The maximum Gasteiger partial charge on any atom is 0.224 e. The zero-order valence-electron chi connectivity index (χ0n) is 12.1. The highest BCUT2D eigenvalue weighted by atomic mass is 16.5. The van der Waals surface area contributed by atoms with Crippen LogP contribution in [0.1, 0.15) is 18.4 Å². The third-order valence-electron chi connectivity index (χ3n) is 3.58. The van der Waals surface area contributed by atoms with Crippen molar-refractivity contribution in [1.82, 2.24) is 10.6 Å². The summed E-state index contributed by atoms with van der Waals surface area (Å²) in [6.07, 6.45) is 2.03. The molecule has 1 fully saturated rings. The number of ether oxygens (including phenoxy) is 2. The summed E-state index contributed by atoms with van der Waals surface area (Å²) in [5.41, 5.74) is 1.000. The molecule has 1 aromatic rings. The largest absolute Gasteiger partial charge is 0.493 e. The lowest BCUT2D eigenvalue weighted by atomic mass is 9.99. The number of carbonyl (C=O) groups excluding carboxylic acids is 1. The van der Waals surface area contributed by atoms with Crippen LogP contribution in [0.15, 0.2) is 18.2 Å². The molecule has 1 heterocycles. The molecule has 1 unspecified atom stereocenters. The third kappa shape index (κ3) is 3.63. The van der Waals surface area contributed by atoms with E-state index in [9.17, 15) is 4.79 Å². The average Bonchev–Trinajstić information content (AvgIpc) is 2.53. The third-order valence-corrected chi connectivity index (χ3v) is 3.58. The summed E-state index contributed by atoms with van der Waals surface area (Å²) in [5.74, 6) is 1.58. The molecule has 1 saturated heterocycles. The molecule has 5 heteroatoms. The molecule has 1 amide bonds. The fourth-order valence-corrected chi connectivity index (χ4v) is 2.40. The van der Waals surface area contributed by atoms with E-state index in [2.05, 4.69) is 10.6 Å². The zero-order chi connectivity index (χ0) is 14.4. The summed E-state index contributed by atoms with van der Waals surface area (Å²) in [5, 5.41) is 6.23. The highest BCUT2D eigenvalue weighted by molar-refractivity contribution is 5.79. The molecular formula is C15H22N2O3. The molecule has 1 aliphatic heterocycles. The summed E-state index contributed by atoms with van der Waals surface area (Å²) in [7, 11) is 3.21. The van der Waals surface area contributed by atoms with Crippen molar-refractivity contribution in [2.24, 2.45) is 5.92 Å². The lowest BCUT2D eigenvalue weighted by Gasteiger charge is -2.22. The molecule has 1 aromatic carbocycles. The van der Waals surface area contributed by atoms with E-state index >= 15 is 0 Å². The van der Waals surface area contributed by atoms with Crippen LogP contribution in [0.25, 0.3) is 0 Å². The molecule has 1 aliphatic rings. The van der Waals surface area contributed by atoms with Crippen molar-refractivity contribution in [3.8, 4) is 11.5 Å². The predicted molar refractivity (Wildman–Crippen MR) is 77.0 cm³/mol. The lowest BCUT2D eigenvalue weighted by Crippen LogP contribution is -2.40.